The fraction of sp³-hybridized carbons (Fsp3) is 0.900. The van der Waals surface area contributed by atoms with Crippen molar-refractivity contribution in [1.82, 2.24) is 4.90 Å². The minimum atomic E-state index is -0.675. The summed E-state index contributed by atoms with van der Waals surface area (Å²) in [6.07, 6.45) is 2.74. The monoisotopic (exact) mass is 185 g/mol. The van der Waals surface area contributed by atoms with E-state index in [0.717, 1.165) is 13.1 Å². The number of hydrogen-bond donors (Lipinski definition) is 1. The van der Waals surface area contributed by atoms with Gasteiger partial charge in [0.15, 0.2) is 0 Å². The molecule has 3 nitrogen and oxygen atoms in total. The van der Waals surface area contributed by atoms with E-state index in [1.54, 1.807) is 0 Å². The lowest BCUT2D eigenvalue weighted by atomic mass is 9.99. The van der Waals surface area contributed by atoms with Crippen LogP contribution in [-0.4, -0.2) is 35.1 Å². The molecule has 1 atom stereocenters. The van der Waals surface area contributed by atoms with Crippen molar-refractivity contribution in [3.63, 3.8) is 0 Å². The molecule has 0 aliphatic carbocycles. The highest BCUT2D eigenvalue weighted by Gasteiger charge is 2.26. The van der Waals surface area contributed by atoms with Crippen molar-refractivity contribution < 1.29 is 9.90 Å². The fourth-order valence-electron chi connectivity index (χ4n) is 2.04. The van der Waals surface area contributed by atoms with Gasteiger partial charge >= 0.3 is 5.97 Å². The van der Waals surface area contributed by atoms with Gasteiger partial charge in [0.05, 0.1) is 6.42 Å². The Morgan fingerprint density at radius 2 is 1.92 bits per heavy atom. The first-order valence-corrected chi connectivity index (χ1v) is 5.07. The summed E-state index contributed by atoms with van der Waals surface area (Å²) in [5.74, 6) is -0.236. The van der Waals surface area contributed by atoms with Crippen LogP contribution in [0.1, 0.15) is 33.1 Å². The Balaban J connectivity index is 2.50. The van der Waals surface area contributed by atoms with Crippen LogP contribution in [0.5, 0.6) is 0 Å². The normalized spacial score (nSPS) is 20.8. The van der Waals surface area contributed by atoms with Gasteiger partial charge in [-0.15, -0.1) is 0 Å². The molecular formula is C10H19NO2. The molecule has 1 aliphatic rings. The van der Waals surface area contributed by atoms with Gasteiger partial charge < -0.3 is 5.11 Å². The molecule has 0 spiro atoms. The Hall–Kier alpha value is -0.570. The molecule has 0 amide bonds. The van der Waals surface area contributed by atoms with Crippen molar-refractivity contribution >= 4 is 5.97 Å². The van der Waals surface area contributed by atoms with E-state index in [1.165, 1.54) is 12.8 Å². The largest absolute Gasteiger partial charge is 0.481 e. The summed E-state index contributed by atoms with van der Waals surface area (Å²) in [5, 5.41) is 8.77. The second-order valence-electron chi connectivity index (χ2n) is 4.15. The predicted molar refractivity (Wildman–Crippen MR) is 51.7 cm³/mol. The van der Waals surface area contributed by atoms with Crippen LogP contribution in [0.4, 0.5) is 0 Å². The van der Waals surface area contributed by atoms with E-state index in [1.807, 2.05) is 0 Å². The van der Waals surface area contributed by atoms with E-state index >= 15 is 0 Å². The minimum absolute atomic E-state index is 0.236. The molecule has 1 heterocycles. The number of likely N-dealkylation sites (tertiary alicyclic amines) is 1. The first-order chi connectivity index (χ1) is 6.11. The summed E-state index contributed by atoms with van der Waals surface area (Å²) in [5.41, 5.74) is 0. The maximum Gasteiger partial charge on any atom is 0.304 e. The Morgan fingerprint density at radius 3 is 2.31 bits per heavy atom. The van der Waals surface area contributed by atoms with E-state index in [0.29, 0.717) is 5.92 Å². The van der Waals surface area contributed by atoms with Gasteiger partial charge in [-0.3, -0.25) is 9.69 Å². The van der Waals surface area contributed by atoms with Crippen molar-refractivity contribution in [3.8, 4) is 0 Å². The van der Waals surface area contributed by atoms with E-state index in [-0.39, 0.29) is 12.5 Å². The van der Waals surface area contributed by atoms with Crippen LogP contribution in [0.15, 0.2) is 0 Å². The average molecular weight is 185 g/mol. The average Bonchev–Trinajstić information content (AvgIpc) is 2.50. The van der Waals surface area contributed by atoms with E-state index in [2.05, 4.69) is 18.7 Å². The SMILES string of the molecule is CC(C)C(CC(=O)O)N1CCCC1. The highest BCUT2D eigenvalue weighted by molar-refractivity contribution is 5.67. The molecule has 1 N–H and O–H groups in total. The number of nitrogens with zero attached hydrogens (tertiary/aromatic N) is 1. The molecule has 0 saturated carbocycles. The van der Waals surface area contributed by atoms with Gasteiger partial charge in [0.2, 0.25) is 0 Å². The molecule has 0 aromatic heterocycles. The van der Waals surface area contributed by atoms with Crippen LogP contribution >= 0.6 is 0 Å². The molecule has 1 unspecified atom stereocenters. The Labute approximate surface area is 79.7 Å². The van der Waals surface area contributed by atoms with Crippen LogP contribution < -0.4 is 0 Å². The molecule has 1 saturated heterocycles. The van der Waals surface area contributed by atoms with Crippen LogP contribution in [0.25, 0.3) is 0 Å². The summed E-state index contributed by atoms with van der Waals surface area (Å²) in [7, 11) is 0. The maximum absolute atomic E-state index is 10.6. The molecule has 13 heavy (non-hydrogen) atoms. The zero-order chi connectivity index (χ0) is 9.84. The Kier molecular flexibility index (Phi) is 3.72. The summed E-state index contributed by atoms with van der Waals surface area (Å²) in [6.45, 7) is 6.37. The molecular weight excluding hydrogens is 166 g/mol. The van der Waals surface area contributed by atoms with Crippen LogP contribution in [0, 0.1) is 5.92 Å². The van der Waals surface area contributed by atoms with Gasteiger partial charge in [0.25, 0.3) is 0 Å². The lowest BCUT2D eigenvalue weighted by molar-refractivity contribution is -0.138. The molecule has 1 aliphatic heterocycles. The smallest absolute Gasteiger partial charge is 0.304 e. The molecule has 0 aromatic rings. The zero-order valence-corrected chi connectivity index (χ0v) is 8.49. The summed E-state index contributed by atoms with van der Waals surface area (Å²) in [6, 6.07) is 0.236. The lowest BCUT2D eigenvalue weighted by Gasteiger charge is -2.29. The summed E-state index contributed by atoms with van der Waals surface area (Å²) < 4.78 is 0. The molecule has 3 heteroatoms. The predicted octanol–water partition coefficient (Wildman–Crippen LogP) is 1.58. The third-order valence-corrected chi connectivity index (χ3v) is 2.76. The maximum atomic E-state index is 10.6. The highest BCUT2D eigenvalue weighted by Crippen LogP contribution is 2.20. The van der Waals surface area contributed by atoms with Crippen LogP contribution in [0.2, 0.25) is 0 Å². The van der Waals surface area contributed by atoms with Gasteiger partial charge in [0.1, 0.15) is 0 Å². The number of rotatable bonds is 4. The lowest BCUT2D eigenvalue weighted by Crippen LogP contribution is -2.38. The van der Waals surface area contributed by atoms with E-state index < -0.39 is 5.97 Å². The first-order valence-electron chi connectivity index (χ1n) is 5.07. The fourth-order valence-corrected chi connectivity index (χ4v) is 2.04. The molecule has 0 bridgehead atoms. The molecule has 1 rings (SSSR count). The standard InChI is InChI=1S/C10H19NO2/c1-8(2)9(7-10(12)13)11-5-3-4-6-11/h8-9H,3-7H2,1-2H3,(H,12,13). The van der Waals surface area contributed by atoms with Gasteiger partial charge in [-0.2, -0.15) is 0 Å². The zero-order valence-electron chi connectivity index (χ0n) is 8.49. The number of carboxylic acid groups (broad SMARTS) is 1. The van der Waals surface area contributed by atoms with Crippen molar-refractivity contribution in [2.75, 3.05) is 13.1 Å². The molecule has 0 aromatic carbocycles. The van der Waals surface area contributed by atoms with E-state index in [4.69, 9.17) is 5.11 Å². The van der Waals surface area contributed by atoms with Gasteiger partial charge in [0, 0.05) is 6.04 Å². The number of aliphatic carboxylic acids is 1. The van der Waals surface area contributed by atoms with E-state index in [9.17, 15) is 4.79 Å². The summed E-state index contributed by atoms with van der Waals surface area (Å²) >= 11 is 0. The van der Waals surface area contributed by atoms with Gasteiger partial charge in [-0.25, -0.2) is 0 Å². The Morgan fingerprint density at radius 1 is 1.38 bits per heavy atom. The second-order valence-corrected chi connectivity index (χ2v) is 4.15. The number of carbonyl (C=O) groups is 1. The highest BCUT2D eigenvalue weighted by atomic mass is 16.4. The molecule has 76 valence electrons. The van der Waals surface area contributed by atoms with Crippen molar-refractivity contribution in [2.45, 2.75) is 39.2 Å². The van der Waals surface area contributed by atoms with Crippen molar-refractivity contribution in [1.29, 1.82) is 0 Å². The third kappa shape index (κ3) is 2.99. The van der Waals surface area contributed by atoms with Crippen LogP contribution in [-0.2, 0) is 4.79 Å². The number of hydrogen-bond acceptors (Lipinski definition) is 2. The van der Waals surface area contributed by atoms with Gasteiger partial charge in [-0.1, -0.05) is 13.8 Å². The summed E-state index contributed by atoms with van der Waals surface area (Å²) in [4.78, 5) is 13.0. The number of carboxylic acids is 1. The van der Waals surface area contributed by atoms with Crippen LogP contribution in [0.3, 0.4) is 0 Å². The third-order valence-electron chi connectivity index (χ3n) is 2.76. The first kappa shape index (κ1) is 10.5. The minimum Gasteiger partial charge on any atom is -0.481 e. The van der Waals surface area contributed by atoms with Crippen molar-refractivity contribution in [3.05, 3.63) is 0 Å². The van der Waals surface area contributed by atoms with Crippen molar-refractivity contribution in [2.24, 2.45) is 5.92 Å². The van der Waals surface area contributed by atoms with Gasteiger partial charge in [-0.05, 0) is 31.8 Å². The topological polar surface area (TPSA) is 40.5 Å². The molecule has 1 fully saturated rings. The quantitative estimate of drug-likeness (QED) is 0.723. The molecule has 0 radical (unpaired) electrons. The second kappa shape index (κ2) is 4.61. The Bertz CT molecular complexity index is 174.